The number of nitrogens with one attached hydrogen (secondary N) is 1. The van der Waals surface area contributed by atoms with Crippen molar-refractivity contribution in [3.8, 4) is 0 Å². The number of aromatic nitrogens is 2. The number of carbonyl (C=O) groups is 1. The van der Waals surface area contributed by atoms with Crippen molar-refractivity contribution in [3.63, 3.8) is 0 Å². The van der Waals surface area contributed by atoms with Crippen LogP contribution < -0.4 is 5.32 Å². The third kappa shape index (κ3) is 2.54. The minimum atomic E-state index is -0.140. The van der Waals surface area contributed by atoms with Crippen LogP contribution in [0.3, 0.4) is 0 Å². The minimum Gasteiger partial charge on any atom is -0.347 e. The van der Waals surface area contributed by atoms with Crippen LogP contribution in [-0.4, -0.2) is 15.5 Å². The summed E-state index contributed by atoms with van der Waals surface area (Å²) in [5.74, 6) is -0.140. The Balaban J connectivity index is 1.79. The van der Waals surface area contributed by atoms with E-state index in [0.717, 1.165) is 27.2 Å². The number of fused-ring (bicyclic) bond motifs is 1. The molecule has 7 heteroatoms. The monoisotopic (exact) mass is 323 g/mol. The van der Waals surface area contributed by atoms with E-state index in [0.29, 0.717) is 22.1 Å². The summed E-state index contributed by atoms with van der Waals surface area (Å²) >= 11 is 8.77. The lowest BCUT2D eigenvalue weighted by atomic mass is 10.2. The molecule has 2 aromatic heterocycles. The van der Waals surface area contributed by atoms with E-state index in [1.807, 2.05) is 23.6 Å². The van der Waals surface area contributed by atoms with E-state index < -0.39 is 0 Å². The highest BCUT2D eigenvalue weighted by molar-refractivity contribution is 7.17. The molecule has 2 heterocycles. The maximum absolute atomic E-state index is 12.0. The zero-order valence-electron chi connectivity index (χ0n) is 10.5. The van der Waals surface area contributed by atoms with Crippen LogP contribution in [0.4, 0.5) is 0 Å². The predicted molar refractivity (Wildman–Crippen MR) is 82.7 cm³/mol. The second kappa shape index (κ2) is 5.47. The Morgan fingerprint density at radius 3 is 3.05 bits per heavy atom. The van der Waals surface area contributed by atoms with Gasteiger partial charge in [0.15, 0.2) is 0 Å². The Morgan fingerprint density at radius 2 is 2.30 bits per heavy atom. The van der Waals surface area contributed by atoms with Gasteiger partial charge in [-0.25, -0.2) is 0 Å². The molecule has 0 atom stereocenters. The molecule has 0 aliphatic rings. The normalized spacial score (nSPS) is 10.9. The number of carbonyl (C=O) groups excluding carboxylic acids is 1. The van der Waals surface area contributed by atoms with Crippen LogP contribution >= 0.6 is 34.5 Å². The number of halogens is 1. The molecule has 3 aromatic rings. The molecule has 3 rings (SSSR count). The fraction of sp³-hybridized carbons (Fsp3) is 0.154. The molecule has 0 saturated carbocycles. The summed E-state index contributed by atoms with van der Waals surface area (Å²) < 4.78 is 4.93. The van der Waals surface area contributed by atoms with E-state index in [9.17, 15) is 4.79 Å². The Hall–Kier alpha value is -1.50. The zero-order chi connectivity index (χ0) is 14.1. The molecular formula is C13H10ClN3OS2. The molecule has 1 N–H and O–H groups in total. The topological polar surface area (TPSA) is 54.9 Å². The number of nitrogens with zero attached hydrogens (tertiary/aromatic N) is 2. The lowest BCUT2D eigenvalue weighted by Crippen LogP contribution is -2.22. The summed E-state index contributed by atoms with van der Waals surface area (Å²) in [5, 5.41) is 10.6. The van der Waals surface area contributed by atoms with Gasteiger partial charge < -0.3 is 5.32 Å². The first-order valence-corrected chi connectivity index (χ1v) is 7.91. The highest BCUT2D eigenvalue weighted by Gasteiger charge is 2.13. The van der Waals surface area contributed by atoms with Crippen LogP contribution in [-0.2, 0) is 6.54 Å². The lowest BCUT2D eigenvalue weighted by molar-refractivity contribution is 0.0954. The van der Waals surface area contributed by atoms with Crippen LogP contribution in [0.1, 0.15) is 20.9 Å². The van der Waals surface area contributed by atoms with Crippen molar-refractivity contribution in [2.24, 2.45) is 0 Å². The number of hydrogen-bond acceptors (Lipinski definition) is 5. The number of rotatable bonds is 3. The average Bonchev–Trinajstić information content (AvgIpc) is 3.02. The second-order valence-corrected chi connectivity index (χ2v) is 6.37. The Bertz CT molecular complexity index is 781. The minimum absolute atomic E-state index is 0.140. The molecule has 0 fully saturated rings. The van der Waals surface area contributed by atoms with Gasteiger partial charge in [0, 0.05) is 16.3 Å². The van der Waals surface area contributed by atoms with E-state index in [2.05, 4.69) is 14.9 Å². The Labute approximate surface area is 128 Å². The molecule has 102 valence electrons. The summed E-state index contributed by atoms with van der Waals surface area (Å²) in [5.41, 5.74) is 1.72. The van der Waals surface area contributed by atoms with Gasteiger partial charge in [0.2, 0.25) is 0 Å². The van der Waals surface area contributed by atoms with Crippen molar-refractivity contribution in [1.82, 2.24) is 14.9 Å². The van der Waals surface area contributed by atoms with E-state index in [4.69, 9.17) is 11.6 Å². The molecule has 0 aliphatic heterocycles. The van der Waals surface area contributed by atoms with Crippen LogP contribution in [0.25, 0.3) is 10.1 Å². The van der Waals surface area contributed by atoms with Crippen LogP contribution in [0.2, 0.25) is 5.02 Å². The third-order valence-corrected chi connectivity index (χ3v) is 4.99. The van der Waals surface area contributed by atoms with E-state index in [1.54, 1.807) is 18.3 Å². The molecule has 0 radical (unpaired) electrons. The molecule has 0 unspecified atom stereocenters. The van der Waals surface area contributed by atoms with Crippen LogP contribution in [0.5, 0.6) is 0 Å². The Morgan fingerprint density at radius 1 is 1.45 bits per heavy atom. The average molecular weight is 324 g/mol. The number of hydrogen-bond donors (Lipinski definition) is 1. The van der Waals surface area contributed by atoms with Gasteiger partial charge in [0.1, 0.15) is 4.88 Å². The van der Waals surface area contributed by atoms with Crippen LogP contribution in [0, 0.1) is 6.92 Å². The molecule has 4 nitrogen and oxygen atoms in total. The quantitative estimate of drug-likeness (QED) is 0.800. The van der Waals surface area contributed by atoms with Gasteiger partial charge in [-0.05, 0) is 53.0 Å². The van der Waals surface area contributed by atoms with Crippen molar-refractivity contribution in [3.05, 3.63) is 44.7 Å². The molecule has 1 amide bonds. The highest BCUT2D eigenvalue weighted by atomic mass is 35.5. The number of amides is 1. The highest BCUT2D eigenvalue weighted by Crippen LogP contribution is 2.28. The van der Waals surface area contributed by atoms with E-state index in [-0.39, 0.29) is 5.91 Å². The molecule has 0 saturated heterocycles. The summed E-state index contributed by atoms with van der Waals surface area (Å²) in [4.78, 5) is 12.6. The molecule has 0 spiro atoms. The summed E-state index contributed by atoms with van der Waals surface area (Å²) in [6.07, 6.45) is 0. The Kier molecular flexibility index (Phi) is 3.69. The SMILES string of the molecule is Cc1nnsc1C(=O)NCc1csc2ccc(Cl)cc12. The third-order valence-electron chi connectivity index (χ3n) is 2.91. The van der Waals surface area contributed by atoms with Gasteiger partial charge in [0.25, 0.3) is 5.91 Å². The first kappa shape index (κ1) is 13.5. The van der Waals surface area contributed by atoms with Crippen molar-refractivity contribution < 1.29 is 4.79 Å². The molecule has 0 aliphatic carbocycles. The standard InChI is InChI=1S/C13H10ClN3OS2/c1-7-12(20-17-16-7)13(18)15-5-8-6-19-11-3-2-9(14)4-10(8)11/h2-4,6H,5H2,1H3,(H,15,18). The predicted octanol–water partition coefficient (Wildman–Crippen LogP) is 3.64. The number of benzene rings is 1. The van der Waals surface area contributed by atoms with Gasteiger partial charge in [0.05, 0.1) is 5.69 Å². The molecule has 20 heavy (non-hydrogen) atoms. The van der Waals surface area contributed by atoms with Gasteiger partial charge in [-0.15, -0.1) is 16.4 Å². The number of aryl methyl sites for hydroxylation is 1. The lowest BCUT2D eigenvalue weighted by Gasteiger charge is -2.03. The van der Waals surface area contributed by atoms with Gasteiger partial charge >= 0.3 is 0 Å². The fourth-order valence-corrected chi connectivity index (χ4v) is 3.57. The molecular weight excluding hydrogens is 314 g/mol. The maximum atomic E-state index is 12.0. The number of thiophene rings is 1. The molecule has 1 aromatic carbocycles. The zero-order valence-corrected chi connectivity index (χ0v) is 12.9. The second-order valence-electron chi connectivity index (χ2n) is 4.27. The molecule has 0 bridgehead atoms. The first-order chi connectivity index (χ1) is 9.65. The summed E-state index contributed by atoms with van der Waals surface area (Å²) in [6.45, 7) is 2.24. The van der Waals surface area contributed by atoms with Crippen molar-refractivity contribution in [1.29, 1.82) is 0 Å². The van der Waals surface area contributed by atoms with E-state index >= 15 is 0 Å². The summed E-state index contributed by atoms with van der Waals surface area (Å²) in [7, 11) is 0. The van der Waals surface area contributed by atoms with E-state index in [1.165, 1.54) is 0 Å². The summed E-state index contributed by atoms with van der Waals surface area (Å²) in [6, 6.07) is 5.79. The van der Waals surface area contributed by atoms with Gasteiger partial charge in [-0.2, -0.15) is 0 Å². The van der Waals surface area contributed by atoms with Gasteiger partial charge in [-0.1, -0.05) is 16.1 Å². The first-order valence-electron chi connectivity index (χ1n) is 5.88. The maximum Gasteiger partial charge on any atom is 0.265 e. The smallest absolute Gasteiger partial charge is 0.265 e. The van der Waals surface area contributed by atoms with Crippen LogP contribution in [0.15, 0.2) is 23.6 Å². The van der Waals surface area contributed by atoms with Crippen molar-refractivity contribution >= 4 is 50.5 Å². The fourth-order valence-electron chi connectivity index (χ4n) is 1.89. The van der Waals surface area contributed by atoms with Crippen molar-refractivity contribution in [2.75, 3.05) is 0 Å². The largest absolute Gasteiger partial charge is 0.347 e. The van der Waals surface area contributed by atoms with Gasteiger partial charge in [-0.3, -0.25) is 4.79 Å². The van der Waals surface area contributed by atoms with Crippen molar-refractivity contribution in [2.45, 2.75) is 13.5 Å².